The molecule has 1 saturated heterocycles. The fourth-order valence-corrected chi connectivity index (χ4v) is 3.07. The molecular weight excluding hydrogens is 314 g/mol. The van der Waals surface area contributed by atoms with Gasteiger partial charge in [-0.1, -0.05) is 12.1 Å². The van der Waals surface area contributed by atoms with E-state index in [2.05, 4.69) is 41.4 Å². The smallest absolute Gasteiger partial charge is 0.253 e. The molecule has 1 aliphatic rings. The van der Waals surface area contributed by atoms with Crippen LogP contribution in [0.2, 0.25) is 0 Å². The van der Waals surface area contributed by atoms with E-state index >= 15 is 0 Å². The minimum atomic E-state index is -0.119. The second-order valence-corrected chi connectivity index (χ2v) is 6.38. The number of aryl methyl sites for hydroxylation is 1. The fourth-order valence-electron chi connectivity index (χ4n) is 3.07. The fraction of sp³-hybridized carbons (Fsp3) is 0.300. The zero-order valence-electron chi connectivity index (χ0n) is 14.7. The highest BCUT2D eigenvalue weighted by Crippen LogP contribution is 2.19. The summed E-state index contributed by atoms with van der Waals surface area (Å²) in [5.74, 6) is -0.0791. The van der Waals surface area contributed by atoms with Crippen molar-refractivity contribution in [1.82, 2.24) is 4.90 Å². The molecular formula is C20H23N3O2. The van der Waals surface area contributed by atoms with Crippen molar-refractivity contribution >= 4 is 23.2 Å². The van der Waals surface area contributed by atoms with Crippen LogP contribution >= 0.6 is 0 Å². The van der Waals surface area contributed by atoms with E-state index in [-0.39, 0.29) is 11.8 Å². The Labute approximate surface area is 148 Å². The first-order valence-electron chi connectivity index (χ1n) is 8.51. The number of carbonyl (C=O) groups excluding carboxylic acids is 2. The van der Waals surface area contributed by atoms with Crippen molar-refractivity contribution in [3.05, 3.63) is 59.7 Å². The molecule has 0 atom stereocenters. The molecule has 5 heteroatoms. The second kappa shape index (κ2) is 7.38. The molecule has 0 radical (unpaired) electrons. The van der Waals surface area contributed by atoms with Gasteiger partial charge < -0.3 is 15.1 Å². The number of anilines is 2. The van der Waals surface area contributed by atoms with Gasteiger partial charge in [-0.05, 0) is 48.9 Å². The molecule has 2 amide bonds. The van der Waals surface area contributed by atoms with Crippen LogP contribution in [0.4, 0.5) is 11.4 Å². The molecule has 3 rings (SSSR count). The summed E-state index contributed by atoms with van der Waals surface area (Å²) in [6.07, 6.45) is 0. The van der Waals surface area contributed by atoms with Crippen LogP contribution in [-0.2, 0) is 4.79 Å². The first-order chi connectivity index (χ1) is 12.0. The molecule has 1 heterocycles. The molecule has 1 fully saturated rings. The average Bonchev–Trinajstić information content (AvgIpc) is 2.61. The van der Waals surface area contributed by atoms with Crippen molar-refractivity contribution in [2.24, 2.45) is 0 Å². The van der Waals surface area contributed by atoms with Gasteiger partial charge >= 0.3 is 0 Å². The van der Waals surface area contributed by atoms with Crippen LogP contribution < -0.4 is 10.2 Å². The Hall–Kier alpha value is -2.82. The van der Waals surface area contributed by atoms with Crippen molar-refractivity contribution in [1.29, 1.82) is 0 Å². The molecule has 5 nitrogen and oxygen atoms in total. The number of piperazine rings is 1. The van der Waals surface area contributed by atoms with E-state index in [1.54, 1.807) is 24.3 Å². The third-order valence-corrected chi connectivity index (χ3v) is 4.39. The maximum Gasteiger partial charge on any atom is 0.253 e. The van der Waals surface area contributed by atoms with Crippen LogP contribution in [0.15, 0.2) is 48.5 Å². The van der Waals surface area contributed by atoms with Crippen molar-refractivity contribution in [2.75, 3.05) is 36.4 Å². The molecule has 2 aromatic carbocycles. The number of carbonyl (C=O) groups is 2. The summed E-state index contributed by atoms with van der Waals surface area (Å²) in [6, 6.07) is 15.5. The van der Waals surface area contributed by atoms with E-state index in [1.807, 2.05) is 4.90 Å². The van der Waals surface area contributed by atoms with Gasteiger partial charge in [0, 0.05) is 50.0 Å². The van der Waals surface area contributed by atoms with Gasteiger partial charge in [0.1, 0.15) is 0 Å². The van der Waals surface area contributed by atoms with Gasteiger partial charge in [0.2, 0.25) is 5.91 Å². The lowest BCUT2D eigenvalue weighted by molar-refractivity contribution is -0.114. The average molecular weight is 337 g/mol. The SMILES string of the molecule is CC(=O)Nc1ccc(C(=O)N2CCN(c3cccc(C)c3)CC2)cc1. The van der Waals surface area contributed by atoms with Crippen LogP contribution in [0.1, 0.15) is 22.8 Å². The van der Waals surface area contributed by atoms with Crippen molar-refractivity contribution in [3.8, 4) is 0 Å². The number of amides is 2. The van der Waals surface area contributed by atoms with Crippen LogP contribution in [0.5, 0.6) is 0 Å². The molecule has 0 unspecified atom stereocenters. The Balaban J connectivity index is 1.60. The van der Waals surface area contributed by atoms with E-state index in [4.69, 9.17) is 0 Å². The van der Waals surface area contributed by atoms with E-state index in [0.717, 1.165) is 13.1 Å². The number of nitrogens with one attached hydrogen (secondary N) is 1. The lowest BCUT2D eigenvalue weighted by Gasteiger charge is -2.36. The summed E-state index contributed by atoms with van der Waals surface area (Å²) in [5.41, 5.74) is 3.81. The molecule has 130 valence electrons. The molecule has 0 saturated carbocycles. The van der Waals surface area contributed by atoms with E-state index in [9.17, 15) is 9.59 Å². The van der Waals surface area contributed by atoms with Crippen molar-refractivity contribution in [2.45, 2.75) is 13.8 Å². The summed E-state index contributed by atoms with van der Waals surface area (Å²) >= 11 is 0. The Bertz CT molecular complexity index is 763. The van der Waals surface area contributed by atoms with Crippen LogP contribution in [0.3, 0.4) is 0 Å². The molecule has 1 N–H and O–H groups in total. The molecule has 2 aromatic rings. The zero-order chi connectivity index (χ0) is 17.8. The first kappa shape index (κ1) is 17.0. The molecule has 25 heavy (non-hydrogen) atoms. The van der Waals surface area contributed by atoms with E-state index in [0.29, 0.717) is 24.3 Å². The number of hydrogen-bond donors (Lipinski definition) is 1. The van der Waals surface area contributed by atoms with Gasteiger partial charge in [0.05, 0.1) is 0 Å². The van der Waals surface area contributed by atoms with Gasteiger partial charge in [0.15, 0.2) is 0 Å². The Morgan fingerprint density at radius 2 is 1.64 bits per heavy atom. The van der Waals surface area contributed by atoms with Gasteiger partial charge in [-0.3, -0.25) is 9.59 Å². The minimum Gasteiger partial charge on any atom is -0.368 e. The van der Waals surface area contributed by atoms with Gasteiger partial charge in [0.25, 0.3) is 5.91 Å². The van der Waals surface area contributed by atoms with Gasteiger partial charge in [-0.25, -0.2) is 0 Å². The predicted octanol–water partition coefficient (Wildman–Crippen LogP) is 2.92. The third kappa shape index (κ3) is 4.18. The highest BCUT2D eigenvalue weighted by Gasteiger charge is 2.22. The van der Waals surface area contributed by atoms with Crippen LogP contribution in [0.25, 0.3) is 0 Å². The molecule has 0 aromatic heterocycles. The van der Waals surface area contributed by atoms with Gasteiger partial charge in [-0.2, -0.15) is 0 Å². The van der Waals surface area contributed by atoms with Crippen molar-refractivity contribution in [3.63, 3.8) is 0 Å². The number of rotatable bonds is 3. The maximum absolute atomic E-state index is 12.7. The molecule has 0 aliphatic carbocycles. The summed E-state index contributed by atoms with van der Waals surface area (Å²) in [5, 5.41) is 2.71. The molecule has 0 bridgehead atoms. The normalized spacial score (nSPS) is 14.3. The maximum atomic E-state index is 12.7. The summed E-state index contributed by atoms with van der Waals surface area (Å²) < 4.78 is 0. The largest absolute Gasteiger partial charge is 0.368 e. The van der Waals surface area contributed by atoms with Crippen molar-refractivity contribution < 1.29 is 9.59 Å². The van der Waals surface area contributed by atoms with Crippen LogP contribution in [0, 0.1) is 6.92 Å². The Morgan fingerprint density at radius 1 is 0.960 bits per heavy atom. The first-order valence-corrected chi connectivity index (χ1v) is 8.51. The summed E-state index contributed by atoms with van der Waals surface area (Å²) in [7, 11) is 0. The number of nitrogens with zero attached hydrogens (tertiary/aromatic N) is 2. The van der Waals surface area contributed by atoms with Gasteiger partial charge in [-0.15, -0.1) is 0 Å². The van der Waals surface area contributed by atoms with E-state index < -0.39 is 0 Å². The summed E-state index contributed by atoms with van der Waals surface area (Å²) in [6.45, 7) is 6.64. The lowest BCUT2D eigenvalue weighted by atomic mass is 10.1. The number of hydrogen-bond acceptors (Lipinski definition) is 3. The van der Waals surface area contributed by atoms with Crippen LogP contribution in [-0.4, -0.2) is 42.9 Å². The highest BCUT2D eigenvalue weighted by atomic mass is 16.2. The van der Waals surface area contributed by atoms with E-state index in [1.165, 1.54) is 18.2 Å². The molecule has 1 aliphatic heterocycles. The standard InChI is InChI=1S/C20H23N3O2/c1-15-4-3-5-19(14-15)22-10-12-23(13-11-22)20(25)17-6-8-18(9-7-17)21-16(2)24/h3-9,14H,10-13H2,1-2H3,(H,21,24). The second-order valence-electron chi connectivity index (χ2n) is 6.38. The monoisotopic (exact) mass is 337 g/mol. The third-order valence-electron chi connectivity index (χ3n) is 4.39. The Kier molecular flexibility index (Phi) is 5.03. The highest BCUT2D eigenvalue weighted by molar-refractivity contribution is 5.95. The lowest BCUT2D eigenvalue weighted by Crippen LogP contribution is -2.48. The minimum absolute atomic E-state index is 0.0401. The molecule has 0 spiro atoms. The summed E-state index contributed by atoms with van der Waals surface area (Å²) in [4.78, 5) is 27.9. The Morgan fingerprint density at radius 3 is 2.24 bits per heavy atom. The predicted molar refractivity (Wildman–Crippen MR) is 100 cm³/mol. The quantitative estimate of drug-likeness (QED) is 0.937. The topological polar surface area (TPSA) is 52.7 Å². The number of benzene rings is 2. The zero-order valence-corrected chi connectivity index (χ0v) is 14.7.